The smallest absolute Gasteiger partial charge is 0.248 e. The molecule has 3 rings (SSSR count). The molecule has 0 aliphatic heterocycles. The number of aliphatic imine (C=N–C) groups is 1. The quantitative estimate of drug-likeness (QED) is 0.327. The lowest BCUT2D eigenvalue weighted by atomic mass is 10.2. The van der Waals surface area contributed by atoms with Crippen molar-refractivity contribution in [1.29, 1.82) is 0 Å². The second kappa shape index (κ2) is 9.23. The Morgan fingerprint density at radius 2 is 2.00 bits per heavy atom. The van der Waals surface area contributed by atoms with Gasteiger partial charge in [0.25, 0.3) is 0 Å². The number of imidazole rings is 1. The molecule has 1 amide bonds. The summed E-state index contributed by atoms with van der Waals surface area (Å²) in [6, 6.07) is 9.10. The van der Waals surface area contributed by atoms with Crippen molar-refractivity contribution in [2.75, 3.05) is 0 Å². The number of nitrogens with zero attached hydrogens (tertiary/aromatic N) is 3. The van der Waals surface area contributed by atoms with Gasteiger partial charge in [-0.2, -0.15) is 0 Å². The van der Waals surface area contributed by atoms with Crippen molar-refractivity contribution >= 4 is 46.2 Å². The van der Waals surface area contributed by atoms with Crippen molar-refractivity contribution in [3.05, 3.63) is 76.8 Å². The van der Waals surface area contributed by atoms with Gasteiger partial charge in [0.1, 0.15) is 5.82 Å². The van der Waals surface area contributed by atoms with Gasteiger partial charge < -0.3 is 5.32 Å². The molecule has 0 aliphatic carbocycles. The Kier molecular flexibility index (Phi) is 6.67. The molecule has 0 aliphatic rings. The largest absolute Gasteiger partial charge is 0.348 e. The van der Waals surface area contributed by atoms with Gasteiger partial charge in [-0.15, -0.1) is 0 Å². The van der Waals surface area contributed by atoms with Crippen LogP contribution in [0.2, 0.25) is 5.02 Å². The van der Waals surface area contributed by atoms with Gasteiger partial charge in [0.15, 0.2) is 0 Å². The zero-order valence-corrected chi connectivity index (χ0v) is 18.0. The summed E-state index contributed by atoms with van der Waals surface area (Å²) in [6.45, 7) is 5.25. The zero-order chi connectivity index (χ0) is 22.6. The van der Waals surface area contributed by atoms with E-state index in [0.29, 0.717) is 17.1 Å². The lowest BCUT2D eigenvalue weighted by molar-refractivity contribution is -0.117. The molecule has 0 atom stereocenters. The van der Waals surface area contributed by atoms with Crippen LogP contribution >= 0.6 is 11.6 Å². The van der Waals surface area contributed by atoms with Crippen molar-refractivity contribution in [2.45, 2.75) is 23.3 Å². The van der Waals surface area contributed by atoms with Crippen LogP contribution in [-0.2, 0) is 21.2 Å². The molecule has 0 unspecified atom stereocenters. The van der Waals surface area contributed by atoms with Crippen LogP contribution in [-0.4, -0.2) is 30.6 Å². The Bertz CT molecular complexity index is 1270. The van der Waals surface area contributed by atoms with Crippen LogP contribution in [0.15, 0.2) is 75.2 Å². The maximum atomic E-state index is 13.2. The second-order valence-corrected chi connectivity index (χ2v) is 8.83. The molecule has 3 aromatic rings. The van der Waals surface area contributed by atoms with E-state index >= 15 is 0 Å². The summed E-state index contributed by atoms with van der Waals surface area (Å²) < 4.78 is 40.2. The number of sulfone groups is 1. The number of benzene rings is 2. The van der Waals surface area contributed by atoms with Crippen molar-refractivity contribution in [3.8, 4) is 0 Å². The number of aromatic nitrogens is 2. The van der Waals surface area contributed by atoms with Crippen LogP contribution in [0, 0.1) is 5.82 Å². The summed E-state index contributed by atoms with van der Waals surface area (Å²) in [7, 11) is -3.90. The molecule has 0 saturated heterocycles. The highest BCUT2D eigenvalue weighted by molar-refractivity contribution is 7.91. The third-order valence-corrected chi connectivity index (χ3v) is 6.60. The van der Waals surface area contributed by atoms with Gasteiger partial charge in [-0.1, -0.05) is 23.7 Å². The molecular weight excluding hydrogens is 443 g/mol. The molecule has 0 saturated carbocycles. The Morgan fingerprint density at radius 3 is 2.65 bits per heavy atom. The Hall–Kier alpha value is -3.30. The normalized spacial score (nSPS) is 11.9. The fourth-order valence-electron chi connectivity index (χ4n) is 2.72. The molecule has 31 heavy (non-hydrogen) atoms. The van der Waals surface area contributed by atoms with Gasteiger partial charge in [-0.05, 0) is 49.5 Å². The second-order valence-electron chi connectivity index (χ2n) is 6.51. The van der Waals surface area contributed by atoms with Crippen molar-refractivity contribution in [2.24, 2.45) is 4.99 Å². The Morgan fingerprint density at radius 1 is 1.29 bits per heavy atom. The molecule has 1 aromatic heterocycles. The molecule has 1 N–H and O–H groups in total. The summed E-state index contributed by atoms with van der Waals surface area (Å²) in [4.78, 5) is 19.9. The van der Waals surface area contributed by atoms with Crippen LogP contribution < -0.4 is 5.32 Å². The molecule has 0 spiro atoms. The number of nitrogens with one attached hydrogen (secondary N) is 1. The van der Waals surface area contributed by atoms with E-state index in [1.807, 2.05) is 0 Å². The molecule has 160 valence electrons. The van der Waals surface area contributed by atoms with E-state index in [1.54, 1.807) is 42.2 Å². The third-order valence-electron chi connectivity index (χ3n) is 4.35. The summed E-state index contributed by atoms with van der Waals surface area (Å²) >= 11 is 5.89. The SMILES string of the molecule is C=Nc1nccn1/C=C(\C)C(=O)NCc1ccc(S(=O)(=O)c2ccc(F)cc2Cl)cc1. The maximum Gasteiger partial charge on any atom is 0.248 e. The molecule has 1 heterocycles. The number of amides is 1. The van der Waals surface area contributed by atoms with E-state index in [2.05, 4.69) is 22.0 Å². The number of rotatable bonds is 7. The average molecular weight is 461 g/mol. The first kappa shape index (κ1) is 22.4. The van der Waals surface area contributed by atoms with Gasteiger partial charge in [0, 0.05) is 30.7 Å². The minimum absolute atomic E-state index is 0.0109. The molecular formula is C21H18ClFN4O3S. The predicted molar refractivity (Wildman–Crippen MR) is 117 cm³/mol. The molecule has 7 nitrogen and oxygen atoms in total. The van der Waals surface area contributed by atoms with Crippen LogP contribution in [0.4, 0.5) is 10.3 Å². The highest BCUT2D eigenvalue weighted by Crippen LogP contribution is 2.28. The number of hydrogen-bond donors (Lipinski definition) is 1. The van der Waals surface area contributed by atoms with E-state index in [4.69, 9.17) is 11.6 Å². The minimum Gasteiger partial charge on any atom is -0.348 e. The number of halogens is 2. The Balaban J connectivity index is 1.69. The van der Waals surface area contributed by atoms with E-state index in [0.717, 1.165) is 18.2 Å². The monoisotopic (exact) mass is 460 g/mol. The van der Waals surface area contributed by atoms with E-state index < -0.39 is 15.7 Å². The van der Waals surface area contributed by atoms with Crippen molar-refractivity contribution < 1.29 is 17.6 Å². The summed E-state index contributed by atoms with van der Waals surface area (Å²) in [5, 5.41) is 2.57. The lowest BCUT2D eigenvalue weighted by Gasteiger charge is -2.09. The molecule has 0 radical (unpaired) electrons. The van der Waals surface area contributed by atoms with Gasteiger partial charge in [-0.25, -0.2) is 22.8 Å². The van der Waals surface area contributed by atoms with E-state index in [-0.39, 0.29) is 27.3 Å². The zero-order valence-electron chi connectivity index (χ0n) is 16.4. The lowest BCUT2D eigenvalue weighted by Crippen LogP contribution is -2.23. The molecule has 0 fully saturated rings. The number of hydrogen-bond acceptors (Lipinski definition) is 5. The summed E-state index contributed by atoms with van der Waals surface area (Å²) in [6.07, 6.45) is 4.77. The Labute approximate surface area is 183 Å². The van der Waals surface area contributed by atoms with Crippen molar-refractivity contribution in [3.63, 3.8) is 0 Å². The molecule has 2 aromatic carbocycles. The molecule has 10 heteroatoms. The van der Waals surface area contributed by atoms with Gasteiger partial charge in [0.05, 0.1) is 14.8 Å². The van der Waals surface area contributed by atoms with Gasteiger partial charge >= 0.3 is 0 Å². The van der Waals surface area contributed by atoms with Crippen LogP contribution in [0.3, 0.4) is 0 Å². The fraction of sp³-hybridized carbons (Fsp3) is 0.0952. The summed E-state index contributed by atoms with van der Waals surface area (Å²) in [5.74, 6) is -0.562. The topological polar surface area (TPSA) is 93.4 Å². The standard InChI is InChI=1S/C21H18ClFN4O3S/c1-14(13-27-10-9-25-21(27)24-2)20(28)26-12-15-3-6-17(7-4-15)31(29,30)19-8-5-16(23)11-18(19)22/h3-11,13H,2,12H2,1H3,(H,26,28)/b14-13+. The van der Waals surface area contributed by atoms with Gasteiger partial charge in [-0.3, -0.25) is 9.36 Å². The first-order chi connectivity index (χ1) is 14.7. The first-order valence-corrected chi connectivity index (χ1v) is 10.8. The maximum absolute atomic E-state index is 13.2. The average Bonchev–Trinajstić information content (AvgIpc) is 3.19. The van der Waals surface area contributed by atoms with Gasteiger partial charge in [0.2, 0.25) is 21.7 Å². The summed E-state index contributed by atoms with van der Waals surface area (Å²) in [5.41, 5.74) is 1.12. The highest BCUT2D eigenvalue weighted by Gasteiger charge is 2.21. The first-order valence-electron chi connectivity index (χ1n) is 8.97. The van der Waals surface area contributed by atoms with Crippen LogP contribution in [0.5, 0.6) is 0 Å². The fourth-order valence-corrected chi connectivity index (χ4v) is 4.51. The van der Waals surface area contributed by atoms with Crippen molar-refractivity contribution in [1.82, 2.24) is 14.9 Å². The van der Waals surface area contributed by atoms with E-state index in [9.17, 15) is 17.6 Å². The van der Waals surface area contributed by atoms with Crippen LogP contribution in [0.25, 0.3) is 6.20 Å². The predicted octanol–water partition coefficient (Wildman–Crippen LogP) is 4.02. The minimum atomic E-state index is -3.90. The third kappa shape index (κ3) is 5.07. The highest BCUT2D eigenvalue weighted by atomic mass is 35.5. The van der Waals surface area contributed by atoms with E-state index in [1.165, 1.54) is 12.1 Å². The number of carbonyl (C=O) groups excluding carboxylic acids is 1. The number of carbonyl (C=O) groups is 1. The van der Waals surface area contributed by atoms with Crippen LogP contribution in [0.1, 0.15) is 12.5 Å². The molecule has 0 bridgehead atoms.